The van der Waals surface area contributed by atoms with Crippen molar-refractivity contribution in [2.24, 2.45) is 5.73 Å². The number of likely N-dealkylation sites (N-methyl/N-ethyl adjacent to an activating group) is 2. The van der Waals surface area contributed by atoms with Crippen LogP contribution in [0.5, 0.6) is 5.75 Å². The Morgan fingerprint density at radius 2 is 1.95 bits per heavy atom. The predicted octanol–water partition coefficient (Wildman–Crippen LogP) is 1.04. The molecule has 0 unspecified atom stereocenters. The summed E-state index contributed by atoms with van der Waals surface area (Å²) in [6, 6.07) is 2.76. The summed E-state index contributed by atoms with van der Waals surface area (Å²) in [5, 5.41) is 10.2. The summed E-state index contributed by atoms with van der Waals surface area (Å²) >= 11 is 11.7. The van der Waals surface area contributed by atoms with Crippen LogP contribution < -0.4 is 5.73 Å². The van der Waals surface area contributed by atoms with Crippen molar-refractivity contribution in [3.05, 3.63) is 33.3 Å². The third-order valence-electron chi connectivity index (χ3n) is 3.11. The lowest BCUT2D eigenvalue weighted by Crippen LogP contribution is -2.52. The summed E-state index contributed by atoms with van der Waals surface area (Å²) in [4.78, 5) is 25.4. The average Bonchev–Trinajstić information content (AvgIpc) is 2.44. The normalized spacial score (nSPS) is 17.9. The number of rotatable bonds is 1. The predicted molar refractivity (Wildman–Crippen MR) is 79.3 cm³/mol. The van der Waals surface area contributed by atoms with Crippen molar-refractivity contribution in [2.75, 3.05) is 14.1 Å². The van der Waals surface area contributed by atoms with Gasteiger partial charge >= 0.3 is 17.8 Å². The number of carbonyl (C=O) groups excluding carboxylic acids is 2. The van der Waals surface area contributed by atoms with Gasteiger partial charge in [-0.1, -0.05) is 23.2 Å². The van der Waals surface area contributed by atoms with E-state index in [9.17, 15) is 14.7 Å². The summed E-state index contributed by atoms with van der Waals surface area (Å²) in [6.45, 7) is 0. The van der Waals surface area contributed by atoms with Gasteiger partial charge in [0.1, 0.15) is 11.3 Å². The molecule has 6 nitrogen and oxygen atoms in total. The molecule has 1 aromatic rings. The van der Waals surface area contributed by atoms with Gasteiger partial charge in [-0.2, -0.15) is 9.48 Å². The number of nitrogens with zero attached hydrogens (tertiary/aromatic N) is 2. The van der Waals surface area contributed by atoms with Crippen molar-refractivity contribution in [2.45, 2.75) is 0 Å². The maximum Gasteiger partial charge on any atom is 0.360 e. The smallest absolute Gasteiger partial charge is 0.360 e. The Hall–Kier alpha value is -2.05. The molecule has 1 aliphatic rings. The molecule has 8 heteroatoms. The van der Waals surface area contributed by atoms with Gasteiger partial charge in [0.2, 0.25) is 0 Å². The van der Waals surface area contributed by atoms with Gasteiger partial charge in [-0.25, -0.2) is 9.59 Å². The molecular formula is C13H12Cl2N3O3+. The Bertz CT molecular complexity index is 726. The van der Waals surface area contributed by atoms with Crippen LogP contribution >= 0.6 is 23.2 Å². The van der Waals surface area contributed by atoms with Gasteiger partial charge in [0.15, 0.2) is 0 Å². The highest BCUT2D eigenvalue weighted by Crippen LogP contribution is 2.33. The van der Waals surface area contributed by atoms with Crippen LogP contribution in [0, 0.1) is 0 Å². The largest absolute Gasteiger partial charge is 0.506 e. The van der Waals surface area contributed by atoms with Crippen molar-refractivity contribution in [3.8, 4) is 5.75 Å². The van der Waals surface area contributed by atoms with Crippen LogP contribution in [0.25, 0.3) is 6.08 Å². The fourth-order valence-electron chi connectivity index (χ4n) is 1.86. The van der Waals surface area contributed by atoms with Crippen molar-refractivity contribution < 1.29 is 19.3 Å². The fourth-order valence-corrected chi connectivity index (χ4v) is 2.37. The highest BCUT2D eigenvalue weighted by atomic mass is 35.5. The van der Waals surface area contributed by atoms with E-state index < -0.39 is 11.8 Å². The van der Waals surface area contributed by atoms with E-state index in [4.69, 9.17) is 28.9 Å². The molecule has 1 heterocycles. The van der Waals surface area contributed by atoms with Crippen molar-refractivity contribution in [1.29, 1.82) is 0 Å². The summed E-state index contributed by atoms with van der Waals surface area (Å²) in [5.41, 5.74) is 5.67. The van der Waals surface area contributed by atoms with Crippen molar-refractivity contribution in [1.82, 2.24) is 4.90 Å². The maximum atomic E-state index is 12.1. The number of phenols is 1. The molecule has 0 bridgehead atoms. The summed E-state index contributed by atoms with van der Waals surface area (Å²) in [5.74, 6) is -1.39. The lowest BCUT2D eigenvalue weighted by Gasteiger charge is -2.19. The summed E-state index contributed by atoms with van der Waals surface area (Å²) in [7, 11) is 2.89. The van der Waals surface area contributed by atoms with Crippen LogP contribution in [-0.2, 0) is 9.59 Å². The van der Waals surface area contributed by atoms with E-state index in [1.807, 2.05) is 0 Å². The molecule has 3 N–H and O–H groups in total. The first-order chi connectivity index (χ1) is 9.73. The number of guanidine groups is 1. The van der Waals surface area contributed by atoms with Gasteiger partial charge in [0, 0.05) is 10.6 Å². The second-order valence-electron chi connectivity index (χ2n) is 4.47. The summed E-state index contributed by atoms with van der Waals surface area (Å²) < 4.78 is 1.14. The molecular weight excluding hydrogens is 317 g/mol. The van der Waals surface area contributed by atoms with Crippen LogP contribution in [0.4, 0.5) is 0 Å². The molecule has 2 amide bonds. The Labute approximate surface area is 130 Å². The molecule has 1 aliphatic heterocycles. The maximum absolute atomic E-state index is 12.1. The van der Waals surface area contributed by atoms with E-state index in [1.54, 1.807) is 0 Å². The zero-order valence-electron chi connectivity index (χ0n) is 11.2. The van der Waals surface area contributed by atoms with Gasteiger partial charge in [-0.15, -0.1) is 0 Å². The lowest BCUT2D eigenvalue weighted by molar-refractivity contribution is -0.421. The fraction of sp³-hybridized carbons (Fsp3) is 0.154. The second kappa shape index (κ2) is 5.38. The number of aromatic hydroxyl groups is 1. The molecule has 0 saturated heterocycles. The summed E-state index contributed by atoms with van der Waals surface area (Å²) in [6.07, 6.45) is 1.23. The first kappa shape index (κ1) is 15.3. The third kappa shape index (κ3) is 2.59. The van der Waals surface area contributed by atoms with Crippen LogP contribution in [0.1, 0.15) is 5.56 Å². The van der Waals surface area contributed by atoms with E-state index in [0.717, 1.165) is 9.48 Å². The number of amides is 2. The highest BCUT2D eigenvalue weighted by Gasteiger charge is 2.37. The van der Waals surface area contributed by atoms with E-state index >= 15 is 0 Å². The number of phenolic OH excluding ortho intramolecular Hbond substituents is 1. The molecule has 2 rings (SSSR count). The lowest BCUT2D eigenvalue weighted by atomic mass is 10.1. The molecule has 0 spiro atoms. The Morgan fingerprint density at radius 1 is 1.33 bits per heavy atom. The zero-order chi connectivity index (χ0) is 15.9. The molecule has 0 atom stereocenters. The SMILES string of the molecule is CN1C(=O)C(=Cc2cc(Cl)cc(Cl)c2O)C(=O)[N+](C)=C1N. The molecule has 110 valence electrons. The monoisotopic (exact) mass is 328 g/mol. The van der Waals surface area contributed by atoms with Crippen LogP contribution in [0.15, 0.2) is 17.7 Å². The standard InChI is InChI=1S/C13H11Cl2N3O3/c1-17-11(20)8(12(21)18(2)13(17)16)4-6-3-7(14)5-9(15)10(6)19/h3-5,16H,1-2H3,(H,19,20,21)/p+1. The second-order valence-corrected chi connectivity index (χ2v) is 5.31. The van der Waals surface area contributed by atoms with E-state index in [-0.39, 0.29) is 32.9 Å². The number of carbonyl (C=O) groups is 2. The highest BCUT2D eigenvalue weighted by molar-refractivity contribution is 6.36. The van der Waals surface area contributed by atoms with E-state index in [0.29, 0.717) is 0 Å². The zero-order valence-corrected chi connectivity index (χ0v) is 12.7. The number of nitrogens with two attached hydrogens (primary N) is 1. The topological polar surface area (TPSA) is 86.6 Å². The quantitative estimate of drug-likeness (QED) is 0.458. The first-order valence-electron chi connectivity index (χ1n) is 5.82. The number of benzene rings is 1. The van der Waals surface area contributed by atoms with Gasteiger partial charge in [0.25, 0.3) is 0 Å². The molecule has 0 aromatic heterocycles. The minimum absolute atomic E-state index is 0.0236. The molecule has 0 saturated carbocycles. The van der Waals surface area contributed by atoms with Crippen LogP contribution in [0.3, 0.4) is 0 Å². The van der Waals surface area contributed by atoms with Crippen molar-refractivity contribution >= 4 is 47.1 Å². The van der Waals surface area contributed by atoms with E-state index in [2.05, 4.69) is 0 Å². The van der Waals surface area contributed by atoms with E-state index in [1.165, 1.54) is 32.3 Å². The minimum Gasteiger partial charge on any atom is -0.506 e. The molecule has 1 aromatic carbocycles. The number of hydrogen-bond donors (Lipinski definition) is 2. The van der Waals surface area contributed by atoms with Crippen LogP contribution in [-0.4, -0.2) is 46.5 Å². The number of halogens is 2. The molecule has 0 aliphatic carbocycles. The first-order valence-corrected chi connectivity index (χ1v) is 6.58. The number of hydrogen-bond acceptors (Lipinski definition) is 4. The van der Waals surface area contributed by atoms with Crippen LogP contribution in [0.2, 0.25) is 10.0 Å². The third-order valence-corrected chi connectivity index (χ3v) is 3.62. The Morgan fingerprint density at radius 3 is 2.57 bits per heavy atom. The van der Waals surface area contributed by atoms with Gasteiger partial charge in [-0.05, 0) is 18.2 Å². The molecule has 21 heavy (non-hydrogen) atoms. The van der Waals surface area contributed by atoms with Crippen molar-refractivity contribution in [3.63, 3.8) is 0 Å². The molecule has 0 fully saturated rings. The minimum atomic E-state index is -0.578. The van der Waals surface area contributed by atoms with Gasteiger partial charge in [0.05, 0.1) is 19.1 Å². The Kier molecular flexibility index (Phi) is 3.93. The Balaban J connectivity index is 2.61. The average molecular weight is 329 g/mol. The molecule has 0 radical (unpaired) electrons. The van der Waals surface area contributed by atoms with Gasteiger partial charge < -0.3 is 5.11 Å². The van der Waals surface area contributed by atoms with Gasteiger partial charge in [-0.3, -0.25) is 5.73 Å².